The number of benzene rings is 1. The van der Waals surface area contributed by atoms with Gasteiger partial charge in [-0.3, -0.25) is 0 Å². The lowest BCUT2D eigenvalue weighted by Crippen LogP contribution is -1.89. The average molecular weight is 314 g/mol. The SMILES string of the molecule is COc1nc(-c2cc(Br)ccc2C)c(CO)s1. The van der Waals surface area contributed by atoms with E-state index < -0.39 is 0 Å². The van der Waals surface area contributed by atoms with Crippen LogP contribution in [0, 0.1) is 6.92 Å². The number of rotatable bonds is 3. The third-order valence-corrected chi connectivity index (χ3v) is 3.95. The molecule has 2 rings (SSSR count). The number of nitrogens with zero attached hydrogens (tertiary/aromatic N) is 1. The maximum absolute atomic E-state index is 9.35. The highest BCUT2D eigenvalue weighted by Crippen LogP contribution is 2.35. The molecule has 0 saturated heterocycles. The molecule has 0 saturated carbocycles. The van der Waals surface area contributed by atoms with Crippen molar-refractivity contribution in [3.8, 4) is 16.5 Å². The molecule has 1 aromatic carbocycles. The second-order valence-electron chi connectivity index (χ2n) is 3.57. The molecule has 1 heterocycles. The summed E-state index contributed by atoms with van der Waals surface area (Å²) in [6, 6.07) is 6.01. The molecule has 0 unspecified atom stereocenters. The summed E-state index contributed by atoms with van der Waals surface area (Å²) in [5.74, 6) is 0. The first-order valence-electron chi connectivity index (χ1n) is 5.06. The molecule has 3 nitrogen and oxygen atoms in total. The first-order valence-corrected chi connectivity index (χ1v) is 6.67. The fraction of sp³-hybridized carbons (Fsp3) is 0.250. The summed E-state index contributed by atoms with van der Waals surface area (Å²) >= 11 is 4.82. The van der Waals surface area contributed by atoms with Gasteiger partial charge in [-0.15, -0.1) is 0 Å². The summed E-state index contributed by atoms with van der Waals surface area (Å²) in [5, 5.41) is 9.92. The molecule has 2 aromatic rings. The van der Waals surface area contributed by atoms with Crippen molar-refractivity contribution in [2.75, 3.05) is 7.11 Å². The van der Waals surface area contributed by atoms with Crippen molar-refractivity contribution in [1.82, 2.24) is 4.98 Å². The molecule has 0 fully saturated rings. The number of aliphatic hydroxyl groups is 1. The summed E-state index contributed by atoms with van der Waals surface area (Å²) in [6.45, 7) is 2.00. The molecule has 0 aliphatic rings. The molecule has 1 aromatic heterocycles. The molecule has 5 heteroatoms. The number of aliphatic hydroxyl groups excluding tert-OH is 1. The second kappa shape index (κ2) is 5.16. The fourth-order valence-corrected chi connectivity index (χ4v) is 2.69. The maximum Gasteiger partial charge on any atom is 0.273 e. The Labute approximate surface area is 112 Å². The average Bonchev–Trinajstić information content (AvgIpc) is 2.75. The van der Waals surface area contributed by atoms with Gasteiger partial charge in [0.15, 0.2) is 0 Å². The number of ether oxygens (including phenoxy) is 1. The number of methoxy groups -OCH3 is 1. The number of halogens is 1. The minimum atomic E-state index is -0.0255. The number of aromatic nitrogens is 1. The Hall–Kier alpha value is -0.910. The van der Waals surface area contributed by atoms with E-state index in [1.807, 2.05) is 25.1 Å². The minimum Gasteiger partial charge on any atom is -0.473 e. The van der Waals surface area contributed by atoms with E-state index in [0.29, 0.717) is 5.19 Å². The van der Waals surface area contributed by atoms with Gasteiger partial charge in [-0.25, -0.2) is 4.98 Å². The van der Waals surface area contributed by atoms with Crippen LogP contribution in [0.5, 0.6) is 5.19 Å². The molecule has 0 atom stereocenters. The van der Waals surface area contributed by atoms with Crippen molar-refractivity contribution in [3.63, 3.8) is 0 Å². The van der Waals surface area contributed by atoms with E-state index >= 15 is 0 Å². The smallest absolute Gasteiger partial charge is 0.273 e. The topological polar surface area (TPSA) is 42.4 Å². The van der Waals surface area contributed by atoms with Gasteiger partial charge in [0.05, 0.1) is 24.3 Å². The Kier molecular flexibility index (Phi) is 3.81. The maximum atomic E-state index is 9.35. The molecule has 0 amide bonds. The zero-order valence-corrected chi connectivity index (χ0v) is 11.9. The van der Waals surface area contributed by atoms with Gasteiger partial charge >= 0.3 is 0 Å². The number of aryl methyl sites for hydroxylation is 1. The van der Waals surface area contributed by atoms with Gasteiger partial charge in [0, 0.05) is 10.0 Å². The van der Waals surface area contributed by atoms with Crippen LogP contribution < -0.4 is 4.74 Å². The van der Waals surface area contributed by atoms with Crippen LogP contribution in [0.25, 0.3) is 11.3 Å². The van der Waals surface area contributed by atoms with E-state index in [1.165, 1.54) is 11.3 Å². The largest absolute Gasteiger partial charge is 0.473 e. The number of hydrogen-bond acceptors (Lipinski definition) is 4. The molecule has 0 radical (unpaired) electrons. The predicted molar refractivity (Wildman–Crippen MR) is 72.5 cm³/mol. The van der Waals surface area contributed by atoms with Gasteiger partial charge in [0.25, 0.3) is 5.19 Å². The standard InChI is InChI=1S/C12H12BrNO2S/c1-7-3-4-8(13)5-9(7)11-10(6-15)17-12(14-11)16-2/h3-5,15H,6H2,1-2H3. The van der Waals surface area contributed by atoms with E-state index in [1.54, 1.807) is 7.11 Å². The zero-order chi connectivity index (χ0) is 12.4. The first-order chi connectivity index (χ1) is 8.15. The van der Waals surface area contributed by atoms with Crippen LogP contribution >= 0.6 is 27.3 Å². The Morgan fingerprint density at radius 1 is 1.47 bits per heavy atom. The summed E-state index contributed by atoms with van der Waals surface area (Å²) in [7, 11) is 1.58. The van der Waals surface area contributed by atoms with Crippen LogP contribution in [0.1, 0.15) is 10.4 Å². The van der Waals surface area contributed by atoms with Crippen LogP contribution in [0.3, 0.4) is 0 Å². The highest BCUT2D eigenvalue weighted by molar-refractivity contribution is 9.10. The van der Waals surface area contributed by atoms with E-state index in [-0.39, 0.29) is 6.61 Å². The van der Waals surface area contributed by atoms with Crippen molar-refractivity contribution in [3.05, 3.63) is 33.1 Å². The highest BCUT2D eigenvalue weighted by atomic mass is 79.9. The van der Waals surface area contributed by atoms with E-state index in [2.05, 4.69) is 20.9 Å². The molecule has 17 heavy (non-hydrogen) atoms. The van der Waals surface area contributed by atoms with E-state index in [9.17, 15) is 5.11 Å². The molecule has 1 N–H and O–H groups in total. The molecule has 0 bridgehead atoms. The highest BCUT2D eigenvalue weighted by Gasteiger charge is 2.14. The lowest BCUT2D eigenvalue weighted by Gasteiger charge is -2.05. The van der Waals surface area contributed by atoms with Crippen LogP contribution in [0.15, 0.2) is 22.7 Å². The monoisotopic (exact) mass is 313 g/mol. The Morgan fingerprint density at radius 2 is 2.24 bits per heavy atom. The Bertz CT molecular complexity index is 539. The summed E-state index contributed by atoms with van der Waals surface area (Å²) in [6.07, 6.45) is 0. The van der Waals surface area contributed by atoms with Crippen molar-refractivity contribution in [1.29, 1.82) is 0 Å². The van der Waals surface area contributed by atoms with Gasteiger partial charge in [-0.05, 0) is 24.6 Å². The molecule has 90 valence electrons. The molecular weight excluding hydrogens is 302 g/mol. The first kappa shape index (κ1) is 12.5. The summed E-state index contributed by atoms with van der Waals surface area (Å²) in [5.41, 5.74) is 2.94. The molecule has 0 aliphatic heterocycles. The van der Waals surface area contributed by atoms with Gasteiger partial charge < -0.3 is 9.84 Å². The van der Waals surface area contributed by atoms with Crippen LogP contribution in [-0.2, 0) is 6.61 Å². The third-order valence-electron chi connectivity index (χ3n) is 2.45. The number of thiazole rings is 1. The second-order valence-corrected chi connectivity index (χ2v) is 5.53. The Balaban J connectivity index is 2.58. The lowest BCUT2D eigenvalue weighted by molar-refractivity contribution is 0.286. The molecule has 0 aliphatic carbocycles. The lowest BCUT2D eigenvalue weighted by atomic mass is 10.1. The van der Waals surface area contributed by atoms with Gasteiger partial charge in [-0.1, -0.05) is 33.3 Å². The van der Waals surface area contributed by atoms with Gasteiger partial charge in [0.2, 0.25) is 0 Å². The third kappa shape index (κ3) is 2.51. The Morgan fingerprint density at radius 3 is 2.88 bits per heavy atom. The van der Waals surface area contributed by atoms with E-state index in [4.69, 9.17) is 4.74 Å². The van der Waals surface area contributed by atoms with Gasteiger partial charge in [-0.2, -0.15) is 0 Å². The summed E-state index contributed by atoms with van der Waals surface area (Å²) < 4.78 is 6.11. The fourth-order valence-electron chi connectivity index (χ4n) is 1.58. The summed E-state index contributed by atoms with van der Waals surface area (Å²) in [4.78, 5) is 5.21. The van der Waals surface area contributed by atoms with Crippen LogP contribution in [0.2, 0.25) is 0 Å². The molecule has 0 spiro atoms. The quantitative estimate of drug-likeness (QED) is 0.944. The zero-order valence-electron chi connectivity index (χ0n) is 9.53. The molecular formula is C12H12BrNO2S. The van der Waals surface area contributed by atoms with Gasteiger partial charge in [0.1, 0.15) is 0 Å². The van der Waals surface area contributed by atoms with Crippen molar-refractivity contribution < 1.29 is 9.84 Å². The van der Waals surface area contributed by atoms with Crippen LogP contribution in [-0.4, -0.2) is 17.2 Å². The van der Waals surface area contributed by atoms with Crippen molar-refractivity contribution in [2.45, 2.75) is 13.5 Å². The van der Waals surface area contributed by atoms with Crippen molar-refractivity contribution in [2.24, 2.45) is 0 Å². The number of hydrogen-bond donors (Lipinski definition) is 1. The predicted octanol–water partition coefficient (Wildman–Crippen LogP) is 3.38. The normalized spacial score (nSPS) is 10.6. The van der Waals surface area contributed by atoms with Crippen molar-refractivity contribution >= 4 is 27.3 Å². The van der Waals surface area contributed by atoms with Crippen LogP contribution in [0.4, 0.5) is 0 Å². The van der Waals surface area contributed by atoms with E-state index in [0.717, 1.165) is 26.2 Å². The minimum absolute atomic E-state index is 0.0255.